The molecule has 0 bridgehead atoms. The third kappa shape index (κ3) is 3.47. The van der Waals surface area contributed by atoms with Crippen LogP contribution in [0.2, 0.25) is 0 Å². The Kier molecular flexibility index (Phi) is 4.10. The SMILES string of the molecule is Cc1ccsc1CCN(C)CC(N)=O. The molecule has 14 heavy (non-hydrogen) atoms. The Bertz CT molecular complexity index is 309. The van der Waals surface area contributed by atoms with Crippen LogP contribution in [-0.4, -0.2) is 30.9 Å². The molecule has 1 heterocycles. The summed E-state index contributed by atoms with van der Waals surface area (Å²) in [6.07, 6.45) is 0.993. The van der Waals surface area contributed by atoms with Gasteiger partial charge in [-0.15, -0.1) is 11.3 Å². The number of thiophene rings is 1. The molecule has 0 aliphatic carbocycles. The molecule has 78 valence electrons. The van der Waals surface area contributed by atoms with E-state index in [1.807, 2.05) is 11.9 Å². The predicted octanol–water partition coefficient (Wildman–Crippen LogP) is 1.02. The number of aryl methyl sites for hydroxylation is 1. The molecule has 0 radical (unpaired) electrons. The molecule has 0 aliphatic rings. The van der Waals surface area contributed by atoms with Crippen molar-refractivity contribution in [1.29, 1.82) is 0 Å². The van der Waals surface area contributed by atoms with Gasteiger partial charge in [0.1, 0.15) is 0 Å². The van der Waals surface area contributed by atoms with E-state index in [0.29, 0.717) is 6.54 Å². The van der Waals surface area contributed by atoms with Gasteiger partial charge in [0.15, 0.2) is 0 Å². The number of nitrogens with zero attached hydrogens (tertiary/aromatic N) is 1. The molecule has 0 saturated carbocycles. The number of carbonyl (C=O) groups excluding carboxylic acids is 1. The van der Waals surface area contributed by atoms with Crippen molar-refractivity contribution >= 4 is 17.2 Å². The molecule has 0 spiro atoms. The first kappa shape index (κ1) is 11.2. The van der Waals surface area contributed by atoms with Gasteiger partial charge in [-0.25, -0.2) is 0 Å². The number of nitrogens with two attached hydrogens (primary N) is 1. The number of hydrogen-bond acceptors (Lipinski definition) is 3. The van der Waals surface area contributed by atoms with Gasteiger partial charge in [-0.3, -0.25) is 9.69 Å². The fraction of sp³-hybridized carbons (Fsp3) is 0.500. The molecular weight excluding hydrogens is 196 g/mol. The highest BCUT2D eigenvalue weighted by Crippen LogP contribution is 2.15. The molecule has 2 N–H and O–H groups in total. The maximum Gasteiger partial charge on any atom is 0.231 e. The van der Waals surface area contributed by atoms with E-state index >= 15 is 0 Å². The summed E-state index contributed by atoms with van der Waals surface area (Å²) in [6, 6.07) is 2.12. The fourth-order valence-corrected chi connectivity index (χ4v) is 2.20. The quantitative estimate of drug-likeness (QED) is 0.792. The summed E-state index contributed by atoms with van der Waals surface area (Å²) in [4.78, 5) is 14.0. The molecule has 0 saturated heterocycles. The van der Waals surface area contributed by atoms with E-state index in [2.05, 4.69) is 18.4 Å². The highest BCUT2D eigenvalue weighted by atomic mass is 32.1. The lowest BCUT2D eigenvalue weighted by Crippen LogP contribution is -2.32. The zero-order chi connectivity index (χ0) is 10.6. The summed E-state index contributed by atoms with van der Waals surface area (Å²) < 4.78 is 0. The number of likely N-dealkylation sites (N-methyl/N-ethyl adjacent to an activating group) is 1. The molecule has 4 heteroatoms. The number of primary amides is 1. The van der Waals surface area contributed by atoms with Crippen molar-refractivity contribution < 1.29 is 4.79 Å². The third-order valence-corrected chi connectivity index (χ3v) is 3.20. The van der Waals surface area contributed by atoms with Crippen molar-refractivity contribution in [2.75, 3.05) is 20.1 Å². The Morgan fingerprint density at radius 3 is 2.86 bits per heavy atom. The van der Waals surface area contributed by atoms with Crippen LogP contribution < -0.4 is 5.73 Å². The highest BCUT2D eigenvalue weighted by molar-refractivity contribution is 7.10. The molecule has 1 aromatic rings. The largest absolute Gasteiger partial charge is 0.369 e. The van der Waals surface area contributed by atoms with Crippen molar-refractivity contribution in [3.8, 4) is 0 Å². The van der Waals surface area contributed by atoms with E-state index in [-0.39, 0.29) is 5.91 Å². The van der Waals surface area contributed by atoms with E-state index in [4.69, 9.17) is 5.73 Å². The molecule has 0 unspecified atom stereocenters. The molecule has 0 aliphatic heterocycles. The minimum Gasteiger partial charge on any atom is -0.369 e. The molecular formula is C10H16N2OS. The Morgan fingerprint density at radius 1 is 1.64 bits per heavy atom. The number of rotatable bonds is 5. The molecule has 0 aromatic carbocycles. The normalized spacial score (nSPS) is 10.8. The first-order valence-corrected chi connectivity index (χ1v) is 5.47. The van der Waals surface area contributed by atoms with Crippen molar-refractivity contribution in [3.05, 3.63) is 21.9 Å². The van der Waals surface area contributed by atoms with Crippen LogP contribution in [0.5, 0.6) is 0 Å². The number of amides is 1. The average molecular weight is 212 g/mol. The van der Waals surface area contributed by atoms with Gasteiger partial charge in [-0.1, -0.05) is 0 Å². The number of hydrogen-bond donors (Lipinski definition) is 1. The number of carbonyl (C=O) groups is 1. The Morgan fingerprint density at radius 2 is 2.36 bits per heavy atom. The average Bonchev–Trinajstić information content (AvgIpc) is 2.46. The molecule has 0 atom stereocenters. The fourth-order valence-electron chi connectivity index (χ4n) is 1.30. The summed E-state index contributed by atoms with van der Waals surface area (Å²) in [5.41, 5.74) is 6.43. The zero-order valence-corrected chi connectivity index (χ0v) is 9.43. The minimum absolute atomic E-state index is 0.268. The van der Waals surface area contributed by atoms with Crippen LogP contribution >= 0.6 is 11.3 Å². The molecule has 1 amide bonds. The summed E-state index contributed by atoms with van der Waals surface area (Å²) in [7, 11) is 1.91. The van der Waals surface area contributed by atoms with Crippen molar-refractivity contribution in [1.82, 2.24) is 4.90 Å². The molecule has 1 aromatic heterocycles. The monoisotopic (exact) mass is 212 g/mol. The Labute approximate surface area is 88.5 Å². The second-order valence-electron chi connectivity index (χ2n) is 3.48. The summed E-state index contributed by atoms with van der Waals surface area (Å²) in [6.45, 7) is 3.33. The van der Waals surface area contributed by atoms with Crippen LogP contribution in [-0.2, 0) is 11.2 Å². The van der Waals surface area contributed by atoms with E-state index in [1.165, 1.54) is 10.4 Å². The van der Waals surface area contributed by atoms with E-state index in [1.54, 1.807) is 11.3 Å². The van der Waals surface area contributed by atoms with Gasteiger partial charge in [0.2, 0.25) is 5.91 Å². The zero-order valence-electron chi connectivity index (χ0n) is 8.62. The third-order valence-electron chi connectivity index (χ3n) is 2.11. The Hall–Kier alpha value is -0.870. The summed E-state index contributed by atoms with van der Waals surface area (Å²) in [5, 5.41) is 2.10. The molecule has 3 nitrogen and oxygen atoms in total. The van der Waals surface area contributed by atoms with Gasteiger partial charge in [0, 0.05) is 11.4 Å². The molecule has 1 rings (SSSR count). The first-order valence-electron chi connectivity index (χ1n) is 4.59. The second kappa shape index (κ2) is 5.12. The van der Waals surface area contributed by atoms with Gasteiger partial charge in [-0.2, -0.15) is 0 Å². The van der Waals surface area contributed by atoms with Gasteiger partial charge in [0.25, 0.3) is 0 Å². The summed E-state index contributed by atoms with van der Waals surface area (Å²) in [5.74, 6) is -0.268. The van der Waals surface area contributed by atoms with Crippen molar-refractivity contribution in [2.45, 2.75) is 13.3 Å². The van der Waals surface area contributed by atoms with Crippen LogP contribution in [0.1, 0.15) is 10.4 Å². The van der Waals surface area contributed by atoms with Gasteiger partial charge in [0.05, 0.1) is 6.54 Å². The first-order chi connectivity index (χ1) is 6.59. The van der Waals surface area contributed by atoms with Crippen LogP contribution in [0.4, 0.5) is 0 Å². The lowest BCUT2D eigenvalue weighted by atomic mass is 10.2. The van der Waals surface area contributed by atoms with Gasteiger partial charge < -0.3 is 5.73 Å². The van der Waals surface area contributed by atoms with Crippen LogP contribution in [0, 0.1) is 6.92 Å². The second-order valence-corrected chi connectivity index (χ2v) is 4.48. The highest BCUT2D eigenvalue weighted by Gasteiger charge is 2.04. The van der Waals surface area contributed by atoms with Crippen molar-refractivity contribution in [2.24, 2.45) is 5.73 Å². The van der Waals surface area contributed by atoms with E-state index < -0.39 is 0 Å². The lowest BCUT2D eigenvalue weighted by Gasteiger charge is -2.13. The van der Waals surface area contributed by atoms with Crippen LogP contribution in [0.3, 0.4) is 0 Å². The summed E-state index contributed by atoms with van der Waals surface area (Å²) >= 11 is 1.77. The maximum absolute atomic E-state index is 10.6. The van der Waals surface area contributed by atoms with E-state index in [9.17, 15) is 4.79 Å². The molecule has 0 fully saturated rings. The maximum atomic E-state index is 10.6. The lowest BCUT2D eigenvalue weighted by molar-refractivity contribution is -0.118. The van der Waals surface area contributed by atoms with Gasteiger partial charge in [-0.05, 0) is 37.4 Å². The van der Waals surface area contributed by atoms with Crippen LogP contribution in [0.25, 0.3) is 0 Å². The predicted molar refractivity (Wildman–Crippen MR) is 59.5 cm³/mol. The van der Waals surface area contributed by atoms with Crippen LogP contribution in [0.15, 0.2) is 11.4 Å². The standard InChI is InChI=1S/C10H16N2OS/c1-8-4-6-14-9(8)3-5-12(2)7-10(11)13/h4,6H,3,5,7H2,1-2H3,(H2,11,13). The minimum atomic E-state index is -0.268. The van der Waals surface area contributed by atoms with E-state index in [0.717, 1.165) is 13.0 Å². The van der Waals surface area contributed by atoms with Gasteiger partial charge >= 0.3 is 0 Å². The smallest absolute Gasteiger partial charge is 0.231 e. The topological polar surface area (TPSA) is 46.3 Å². The van der Waals surface area contributed by atoms with Crippen molar-refractivity contribution in [3.63, 3.8) is 0 Å². The Balaban J connectivity index is 2.34.